The van der Waals surface area contributed by atoms with Gasteiger partial charge < -0.3 is 19.3 Å². The van der Waals surface area contributed by atoms with Gasteiger partial charge in [0, 0.05) is 31.7 Å². The lowest BCUT2D eigenvalue weighted by molar-refractivity contribution is 0.121. The number of aryl methyl sites for hydroxylation is 1. The van der Waals surface area contributed by atoms with E-state index in [1.807, 2.05) is 30.3 Å². The van der Waals surface area contributed by atoms with Crippen molar-refractivity contribution in [2.45, 2.75) is 13.3 Å². The molecule has 0 spiro atoms. The van der Waals surface area contributed by atoms with E-state index < -0.39 is 0 Å². The molecule has 8 nitrogen and oxygen atoms in total. The standard InChI is InChI=1S/C22H26N6O2/c1-2-17-18-20(24-19(23-17)16-6-4-3-5-7-16)25-22(28-10-14-30-15-11-28)26-21(18)27-8-12-29-13-9-27/h3-7H,2,8-15H2,1H3. The van der Waals surface area contributed by atoms with Crippen molar-refractivity contribution in [3.63, 3.8) is 0 Å². The second kappa shape index (κ2) is 8.49. The maximum atomic E-state index is 5.57. The highest BCUT2D eigenvalue weighted by atomic mass is 16.5. The molecule has 30 heavy (non-hydrogen) atoms. The van der Waals surface area contributed by atoms with Gasteiger partial charge in [0.15, 0.2) is 11.5 Å². The Morgan fingerprint density at radius 2 is 1.47 bits per heavy atom. The zero-order valence-electron chi connectivity index (χ0n) is 17.3. The maximum absolute atomic E-state index is 5.57. The fraction of sp³-hybridized carbons (Fsp3) is 0.455. The summed E-state index contributed by atoms with van der Waals surface area (Å²) in [5.41, 5.74) is 2.68. The SMILES string of the molecule is CCc1nc(-c2ccccc2)nc2nc(N3CCOCC3)nc(N3CCOCC3)c12. The molecule has 0 atom stereocenters. The third kappa shape index (κ3) is 3.68. The summed E-state index contributed by atoms with van der Waals surface area (Å²) >= 11 is 0. The van der Waals surface area contributed by atoms with Gasteiger partial charge in [0.1, 0.15) is 5.82 Å². The molecule has 5 rings (SSSR count). The van der Waals surface area contributed by atoms with E-state index in [0.717, 1.165) is 55.1 Å². The molecule has 4 heterocycles. The van der Waals surface area contributed by atoms with E-state index in [0.29, 0.717) is 43.8 Å². The average Bonchev–Trinajstić information content (AvgIpc) is 2.84. The van der Waals surface area contributed by atoms with Gasteiger partial charge in [0.05, 0.1) is 37.5 Å². The number of anilines is 2. The van der Waals surface area contributed by atoms with E-state index >= 15 is 0 Å². The number of fused-ring (bicyclic) bond motifs is 1. The summed E-state index contributed by atoms with van der Waals surface area (Å²) in [7, 11) is 0. The molecule has 2 aliphatic rings. The zero-order valence-corrected chi connectivity index (χ0v) is 17.3. The maximum Gasteiger partial charge on any atom is 0.229 e. The van der Waals surface area contributed by atoms with Crippen molar-refractivity contribution < 1.29 is 9.47 Å². The lowest BCUT2D eigenvalue weighted by atomic mass is 10.1. The molecule has 0 N–H and O–H groups in total. The van der Waals surface area contributed by atoms with Gasteiger partial charge in [0.2, 0.25) is 5.95 Å². The molecule has 2 saturated heterocycles. The Morgan fingerprint density at radius 3 is 2.13 bits per heavy atom. The third-order valence-corrected chi connectivity index (χ3v) is 5.57. The number of morpholine rings is 2. The minimum atomic E-state index is 0.688. The van der Waals surface area contributed by atoms with Gasteiger partial charge in [-0.15, -0.1) is 0 Å². The number of nitrogens with zero attached hydrogens (tertiary/aromatic N) is 6. The number of aromatic nitrogens is 4. The predicted octanol–water partition coefficient (Wildman–Crippen LogP) is 2.32. The van der Waals surface area contributed by atoms with Gasteiger partial charge in [-0.05, 0) is 6.42 Å². The number of ether oxygens (including phenoxy) is 2. The quantitative estimate of drug-likeness (QED) is 0.653. The van der Waals surface area contributed by atoms with Gasteiger partial charge in [-0.3, -0.25) is 0 Å². The molecular weight excluding hydrogens is 380 g/mol. The van der Waals surface area contributed by atoms with Crippen LogP contribution in [0.15, 0.2) is 30.3 Å². The van der Waals surface area contributed by atoms with Crippen LogP contribution in [0.25, 0.3) is 22.4 Å². The van der Waals surface area contributed by atoms with Crippen LogP contribution in [0.5, 0.6) is 0 Å². The number of rotatable bonds is 4. The molecule has 0 amide bonds. The second-order valence-corrected chi connectivity index (χ2v) is 7.46. The van der Waals surface area contributed by atoms with Crippen LogP contribution in [0.1, 0.15) is 12.6 Å². The molecule has 3 aromatic rings. The van der Waals surface area contributed by atoms with Crippen LogP contribution in [-0.2, 0) is 15.9 Å². The van der Waals surface area contributed by atoms with Crippen LogP contribution in [0.4, 0.5) is 11.8 Å². The number of benzene rings is 1. The van der Waals surface area contributed by atoms with Gasteiger partial charge in [-0.25, -0.2) is 9.97 Å². The van der Waals surface area contributed by atoms with Crippen LogP contribution in [0, 0.1) is 0 Å². The topological polar surface area (TPSA) is 76.5 Å². The van der Waals surface area contributed by atoms with Crippen molar-refractivity contribution in [3.05, 3.63) is 36.0 Å². The first-order chi connectivity index (χ1) is 14.8. The molecule has 2 aliphatic heterocycles. The van der Waals surface area contributed by atoms with Gasteiger partial charge >= 0.3 is 0 Å². The third-order valence-electron chi connectivity index (χ3n) is 5.57. The van der Waals surface area contributed by atoms with Crippen molar-refractivity contribution in [1.29, 1.82) is 0 Å². The summed E-state index contributed by atoms with van der Waals surface area (Å²) < 4.78 is 11.1. The first-order valence-corrected chi connectivity index (χ1v) is 10.6. The van der Waals surface area contributed by atoms with E-state index in [9.17, 15) is 0 Å². The lowest BCUT2D eigenvalue weighted by Gasteiger charge is -2.31. The van der Waals surface area contributed by atoms with Crippen LogP contribution < -0.4 is 9.80 Å². The summed E-state index contributed by atoms with van der Waals surface area (Å²) in [5.74, 6) is 2.34. The van der Waals surface area contributed by atoms with E-state index in [1.54, 1.807) is 0 Å². The molecule has 0 radical (unpaired) electrons. The van der Waals surface area contributed by atoms with Crippen LogP contribution in [0.2, 0.25) is 0 Å². The molecule has 2 aromatic heterocycles. The number of hydrogen-bond acceptors (Lipinski definition) is 8. The van der Waals surface area contributed by atoms with Gasteiger partial charge in [-0.2, -0.15) is 9.97 Å². The molecule has 8 heteroatoms. The summed E-state index contributed by atoms with van der Waals surface area (Å²) in [6, 6.07) is 10.1. The molecule has 1 aromatic carbocycles. The average molecular weight is 406 g/mol. The molecule has 0 aliphatic carbocycles. The van der Waals surface area contributed by atoms with Crippen molar-refractivity contribution in [2.24, 2.45) is 0 Å². The molecule has 0 bridgehead atoms. The Kier molecular flexibility index (Phi) is 5.42. The first-order valence-electron chi connectivity index (χ1n) is 10.6. The summed E-state index contributed by atoms with van der Waals surface area (Å²) in [6.07, 6.45) is 0.788. The Balaban J connectivity index is 1.70. The van der Waals surface area contributed by atoms with Crippen LogP contribution in [0.3, 0.4) is 0 Å². The highest BCUT2D eigenvalue weighted by Gasteiger charge is 2.24. The highest BCUT2D eigenvalue weighted by Crippen LogP contribution is 2.31. The van der Waals surface area contributed by atoms with Crippen LogP contribution >= 0.6 is 0 Å². The first kappa shape index (κ1) is 19.1. The van der Waals surface area contributed by atoms with E-state index in [4.69, 9.17) is 29.4 Å². The largest absolute Gasteiger partial charge is 0.378 e. The Bertz CT molecular complexity index is 1020. The van der Waals surface area contributed by atoms with Crippen molar-refractivity contribution in [3.8, 4) is 11.4 Å². The van der Waals surface area contributed by atoms with E-state index in [1.165, 1.54) is 0 Å². The predicted molar refractivity (Wildman–Crippen MR) is 116 cm³/mol. The zero-order chi connectivity index (χ0) is 20.3. The second-order valence-electron chi connectivity index (χ2n) is 7.46. The summed E-state index contributed by atoms with van der Waals surface area (Å²) in [4.78, 5) is 24.2. The summed E-state index contributed by atoms with van der Waals surface area (Å²) in [6.45, 7) is 8.06. The fourth-order valence-electron chi connectivity index (χ4n) is 3.96. The molecule has 0 unspecified atom stereocenters. The molecule has 0 saturated carbocycles. The smallest absolute Gasteiger partial charge is 0.229 e. The minimum absolute atomic E-state index is 0.688. The van der Waals surface area contributed by atoms with Crippen LogP contribution in [-0.4, -0.2) is 72.5 Å². The highest BCUT2D eigenvalue weighted by molar-refractivity contribution is 5.91. The van der Waals surface area contributed by atoms with E-state index in [2.05, 4.69) is 16.7 Å². The Hall–Kier alpha value is -2.84. The Morgan fingerprint density at radius 1 is 0.800 bits per heavy atom. The Labute approximate surface area is 175 Å². The fourth-order valence-corrected chi connectivity index (χ4v) is 3.96. The molecular formula is C22H26N6O2. The number of hydrogen-bond donors (Lipinski definition) is 0. The minimum Gasteiger partial charge on any atom is -0.378 e. The van der Waals surface area contributed by atoms with Gasteiger partial charge in [-0.1, -0.05) is 37.3 Å². The molecule has 2 fully saturated rings. The van der Waals surface area contributed by atoms with E-state index in [-0.39, 0.29) is 0 Å². The monoisotopic (exact) mass is 406 g/mol. The van der Waals surface area contributed by atoms with Crippen molar-refractivity contribution in [2.75, 3.05) is 62.4 Å². The molecule has 156 valence electrons. The normalized spacial score (nSPS) is 17.5. The lowest BCUT2D eigenvalue weighted by Crippen LogP contribution is -2.39. The van der Waals surface area contributed by atoms with Crippen molar-refractivity contribution in [1.82, 2.24) is 19.9 Å². The van der Waals surface area contributed by atoms with Gasteiger partial charge in [0.25, 0.3) is 0 Å². The summed E-state index contributed by atoms with van der Waals surface area (Å²) in [5, 5.41) is 0.955. The van der Waals surface area contributed by atoms with Crippen molar-refractivity contribution >= 4 is 22.8 Å².